The van der Waals surface area contributed by atoms with E-state index in [1.807, 2.05) is 13.2 Å². The second-order valence-corrected chi connectivity index (χ2v) is 5.50. The molecule has 1 heterocycles. The fourth-order valence-corrected chi connectivity index (χ4v) is 2.56. The summed E-state index contributed by atoms with van der Waals surface area (Å²) in [5, 5.41) is 14.0. The van der Waals surface area contributed by atoms with E-state index in [9.17, 15) is 9.90 Å². The Hall–Kier alpha value is -1.14. The largest absolute Gasteiger partial charge is 0.388 e. The molecular formula is C12H17N3O2S. The van der Waals surface area contributed by atoms with Gasteiger partial charge in [0, 0.05) is 6.20 Å². The summed E-state index contributed by atoms with van der Waals surface area (Å²) in [4.78, 5) is 19.3. The number of carbonyl (C=O) groups excluding carboxylic acids is 1. The SMILES string of the molecule is CSc1ncc(C=O)c(N[C@@H]2CCC[C@@]2(C)O)n1. The summed E-state index contributed by atoms with van der Waals surface area (Å²) in [6.07, 6.45) is 6.74. The Morgan fingerprint density at radius 2 is 2.44 bits per heavy atom. The first-order chi connectivity index (χ1) is 8.56. The molecule has 0 bridgehead atoms. The van der Waals surface area contributed by atoms with Crippen molar-refractivity contribution in [2.75, 3.05) is 11.6 Å². The molecule has 1 aliphatic rings. The quantitative estimate of drug-likeness (QED) is 0.491. The Morgan fingerprint density at radius 1 is 1.67 bits per heavy atom. The Labute approximate surface area is 110 Å². The summed E-state index contributed by atoms with van der Waals surface area (Å²) >= 11 is 1.42. The number of aliphatic hydroxyl groups is 1. The van der Waals surface area contributed by atoms with Crippen molar-refractivity contribution in [1.29, 1.82) is 0 Å². The molecule has 0 amide bonds. The lowest BCUT2D eigenvalue weighted by atomic mass is 10.0. The lowest BCUT2D eigenvalue weighted by Gasteiger charge is -2.27. The first-order valence-corrected chi connectivity index (χ1v) is 7.14. The number of rotatable bonds is 4. The van der Waals surface area contributed by atoms with Crippen LogP contribution in [0, 0.1) is 0 Å². The average molecular weight is 267 g/mol. The van der Waals surface area contributed by atoms with Gasteiger partial charge in [-0.3, -0.25) is 4.79 Å². The smallest absolute Gasteiger partial charge is 0.189 e. The van der Waals surface area contributed by atoms with Gasteiger partial charge in [0.15, 0.2) is 11.4 Å². The highest BCUT2D eigenvalue weighted by Gasteiger charge is 2.37. The maximum Gasteiger partial charge on any atom is 0.189 e. The Bertz CT molecular complexity index is 451. The molecular weight excluding hydrogens is 250 g/mol. The van der Waals surface area contributed by atoms with Crippen molar-refractivity contribution in [2.24, 2.45) is 0 Å². The van der Waals surface area contributed by atoms with Crippen LogP contribution in [0.25, 0.3) is 0 Å². The van der Waals surface area contributed by atoms with Crippen molar-refractivity contribution < 1.29 is 9.90 Å². The van der Waals surface area contributed by atoms with Crippen LogP contribution in [0.5, 0.6) is 0 Å². The van der Waals surface area contributed by atoms with E-state index in [4.69, 9.17) is 0 Å². The third kappa shape index (κ3) is 2.64. The topological polar surface area (TPSA) is 75.1 Å². The number of thioether (sulfide) groups is 1. The molecule has 98 valence electrons. The third-order valence-corrected chi connectivity index (χ3v) is 3.90. The van der Waals surface area contributed by atoms with Crippen molar-refractivity contribution in [2.45, 2.75) is 43.0 Å². The summed E-state index contributed by atoms with van der Waals surface area (Å²) < 4.78 is 0. The minimum atomic E-state index is -0.745. The van der Waals surface area contributed by atoms with Crippen LogP contribution in [0.1, 0.15) is 36.5 Å². The van der Waals surface area contributed by atoms with Gasteiger partial charge < -0.3 is 10.4 Å². The fraction of sp³-hybridized carbons (Fsp3) is 0.583. The summed E-state index contributed by atoms with van der Waals surface area (Å²) in [6, 6.07) is -0.0687. The van der Waals surface area contributed by atoms with Gasteiger partial charge in [0.25, 0.3) is 0 Å². The first kappa shape index (κ1) is 13.3. The summed E-state index contributed by atoms with van der Waals surface area (Å²) in [7, 11) is 0. The Balaban J connectivity index is 2.24. The van der Waals surface area contributed by atoms with Crippen molar-refractivity contribution in [3.8, 4) is 0 Å². The molecule has 2 atom stereocenters. The van der Waals surface area contributed by atoms with Crippen LogP contribution in [-0.4, -0.2) is 39.3 Å². The predicted molar refractivity (Wildman–Crippen MR) is 71.1 cm³/mol. The minimum absolute atomic E-state index is 0.0687. The molecule has 0 radical (unpaired) electrons. The van der Waals surface area contributed by atoms with Gasteiger partial charge in [0.1, 0.15) is 5.82 Å². The second kappa shape index (κ2) is 5.24. The van der Waals surface area contributed by atoms with Crippen LogP contribution in [0.3, 0.4) is 0 Å². The number of anilines is 1. The van der Waals surface area contributed by atoms with Gasteiger partial charge in [-0.25, -0.2) is 9.97 Å². The number of carbonyl (C=O) groups is 1. The van der Waals surface area contributed by atoms with Crippen LogP contribution in [0.2, 0.25) is 0 Å². The van der Waals surface area contributed by atoms with Gasteiger partial charge in [-0.2, -0.15) is 0 Å². The average Bonchev–Trinajstić information content (AvgIpc) is 2.68. The standard InChI is InChI=1S/C12H17N3O2S/c1-12(17)5-3-4-9(12)14-10-8(7-16)6-13-11(15-10)18-2/h6-7,9,17H,3-5H2,1-2H3,(H,13,14,15)/t9-,12-/m1/s1. The first-order valence-electron chi connectivity index (χ1n) is 5.92. The van der Waals surface area contributed by atoms with E-state index < -0.39 is 5.60 Å². The van der Waals surface area contributed by atoms with E-state index in [1.165, 1.54) is 18.0 Å². The molecule has 1 aromatic rings. The fourth-order valence-electron chi connectivity index (χ4n) is 2.22. The van der Waals surface area contributed by atoms with E-state index in [-0.39, 0.29) is 6.04 Å². The number of nitrogens with one attached hydrogen (secondary N) is 1. The van der Waals surface area contributed by atoms with Crippen molar-refractivity contribution in [3.63, 3.8) is 0 Å². The predicted octanol–water partition coefficient (Wildman–Crippen LogP) is 1.73. The molecule has 5 nitrogen and oxygen atoms in total. The summed E-state index contributed by atoms with van der Waals surface area (Å²) in [5.74, 6) is 0.511. The van der Waals surface area contributed by atoms with E-state index >= 15 is 0 Å². The highest BCUT2D eigenvalue weighted by Crippen LogP contribution is 2.32. The number of aldehydes is 1. The van der Waals surface area contributed by atoms with E-state index in [0.29, 0.717) is 16.5 Å². The number of aromatic nitrogens is 2. The molecule has 2 N–H and O–H groups in total. The third-order valence-electron chi connectivity index (χ3n) is 3.34. The maximum atomic E-state index is 11.0. The highest BCUT2D eigenvalue weighted by atomic mass is 32.2. The molecule has 6 heteroatoms. The zero-order valence-electron chi connectivity index (χ0n) is 10.5. The highest BCUT2D eigenvalue weighted by molar-refractivity contribution is 7.98. The Kier molecular flexibility index (Phi) is 3.87. The maximum absolute atomic E-state index is 11.0. The van der Waals surface area contributed by atoms with Crippen LogP contribution < -0.4 is 5.32 Å². The normalized spacial score (nSPS) is 27.2. The van der Waals surface area contributed by atoms with Gasteiger partial charge in [-0.15, -0.1) is 0 Å². The van der Waals surface area contributed by atoms with E-state index in [2.05, 4.69) is 15.3 Å². The molecule has 1 aromatic heterocycles. The van der Waals surface area contributed by atoms with Gasteiger partial charge in [-0.05, 0) is 32.4 Å². The zero-order valence-corrected chi connectivity index (χ0v) is 11.3. The molecule has 0 spiro atoms. The van der Waals surface area contributed by atoms with Crippen LogP contribution in [0.15, 0.2) is 11.4 Å². The monoisotopic (exact) mass is 267 g/mol. The molecule has 2 rings (SSSR count). The molecule has 1 fully saturated rings. The van der Waals surface area contributed by atoms with E-state index in [0.717, 1.165) is 25.5 Å². The van der Waals surface area contributed by atoms with Crippen LogP contribution >= 0.6 is 11.8 Å². The molecule has 1 aliphatic carbocycles. The van der Waals surface area contributed by atoms with Crippen LogP contribution in [0.4, 0.5) is 5.82 Å². The molecule has 0 unspecified atom stereocenters. The molecule has 0 aromatic carbocycles. The van der Waals surface area contributed by atoms with Gasteiger partial charge in [0.2, 0.25) is 0 Å². The van der Waals surface area contributed by atoms with Crippen molar-refractivity contribution >= 4 is 23.9 Å². The number of hydrogen-bond donors (Lipinski definition) is 2. The zero-order chi connectivity index (χ0) is 13.2. The minimum Gasteiger partial charge on any atom is -0.388 e. The number of hydrogen-bond acceptors (Lipinski definition) is 6. The summed E-state index contributed by atoms with van der Waals surface area (Å²) in [5.41, 5.74) is -0.319. The summed E-state index contributed by atoms with van der Waals surface area (Å²) in [6.45, 7) is 1.81. The second-order valence-electron chi connectivity index (χ2n) is 4.72. The lowest BCUT2D eigenvalue weighted by Crippen LogP contribution is -2.39. The molecule has 1 saturated carbocycles. The number of nitrogens with zero attached hydrogens (tertiary/aromatic N) is 2. The van der Waals surface area contributed by atoms with Gasteiger partial charge in [-0.1, -0.05) is 11.8 Å². The van der Waals surface area contributed by atoms with Gasteiger partial charge in [0.05, 0.1) is 17.2 Å². The van der Waals surface area contributed by atoms with Crippen molar-refractivity contribution in [1.82, 2.24) is 9.97 Å². The molecule has 18 heavy (non-hydrogen) atoms. The van der Waals surface area contributed by atoms with Crippen LogP contribution in [-0.2, 0) is 0 Å². The lowest BCUT2D eigenvalue weighted by molar-refractivity contribution is 0.0577. The van der Waals surface area contributed by atoms with Gasteiger partial charge >= 0.3 is 0 Å². The van der Waals surface area contributed by atoms with Crippen molar-refractivity contribution in [3.05, 3.63) is 11.8 Å². The molecule has 0 saturated heterocycles. The Morgan fingerprint density at radius 3 is 3.00 bits per heavy atom. The molecule has 0 aliphatic heterocycles. The van der Waals surface area contributed by atoms with E-state index in [1.54, 1.807) is 0 Å².